The maximum Gasteiger partial charge on any atom is 0.143 e. The number of fused-ring (bicyclic) bond motifs is 1. The van der Waals surface area contributed by atoms with Crippen molar-refractivity contribution in [2.45, 2.75) is 27.3 Å². The lowest BCUT2D eigenvalue weighted by Crippen LogP contribution is -1.98. The van der Waals surface area contributed by atoms with Gasteiger partial charge in [0.25, 0.3) is 0 Å². The average Bonchev–Trinajstić information content (AvgIpc) is 2.96. The van der Waals surface area contributed by atoms with Crippen molar-refractivity contribution < 1.29 is 14.3 Å². The Labute approximate surface area is 135 Å². The van der Waals surface area contributed by atoms with E-state index < -0.39 is 0 Å². The lowest BCUT2D eigenvalue weighted by atomic mass is 10.2. The SMILES string of the molecule is CC.CCOC.COc1ccc(Br)c2ccn(CC=O)c12. The predicted molar refractivity (Wildman–Crippen MR) is 91.2 cm³/mol. The summed E-state index contributed by atoms with van der Waals surface area (Å²) in [6.07, 6.45) is 2.76. The normalized spacial score (nSPS) is 9.24. The number of nitrogens with zero attached hydrogens (tertiary/aromatic N) is 1. The van der Waals surface area contributed by atoms with Gasteiger partial charge in [0.05, 0.1) is 19.2 Å². The lowest BCUT2D eigenvalue weighted by molar-refractivity contribution is -0.108. The van der Waals surface area contributed by atoms with Crippen molar-refractivity contribution in [1.82, 2.24) is 4.57 Å². The minimum atomic E-state index is 0.344. The Kier molecular flexibility index (Phi) is 10.6. The Morgan fingerprint density at radius 2 is 1.86 bits per heavy atom. The monoisotopic (exact) mass is 357 g/mol. The Morgan fingerprint density at radius 3 is 2.33 bits per heavy atom. The first-order valence-electron chi connectivity index (χ1n) is 6.93. The van der Waals surface area contributed by atoms with Crippen molar-refractivity contribution in [3.05, 3.63) is 28.9 Å². The van der Waals surface area contributed by atoms with E-state index in [-0.39, 0.29) is 0 Å². The number of ether oxygens (including phenoxy) is 2. The first-order valence-corrected chi connectivity index (χ1v) is 7.72. The summed E-state index contributed by atoms with van der Waals surface area (Å²) in [5.74, 6) is 0.778. The highest BCUT2D eigenvalue weighted by Gasteiger charge is 2.09. The van der Waals surface area contributed by atoms with Crippen LogP contribution in [0.4, 0.5) is 0 Å². The Balaban J connectivity index is 0.000000579. The summed E-state index contributed by atoms with van der Waals surface area (Å²) in [7, 11) is 3.31. The van der Waals surface area contributed by atoms with Crippen molar-refractivity contribution >= 4 is 33.1 Å². The fourth-order valence-electron chi connectivity index (χ4n) is 1.65. The van der Waals surface area contributed by atoms with Gasteiger partial charge in [-0.05, 0) is 25.1 Å². The minimum absolute atomic E-state index is 0.344. The van der Waals surface area contributed by atoms with Crippen LogP contribution in [-0.2, 0) is 16.1 Å². The molecule has 0 aliphatic carbocycles. The molecule has 0 aliphatic heterocycles. The third-order valence-electron chi connectivity index (χ3n) is 2.62. The third-order valence-corrected chi connectivity index (χ3v) is 3.31. The number of benzene rings is 1. The van der Waals surface area contributed by atoms with Gasteiger partial charge in [-0.1, -0.05) is 29.8 Å². The van der Waals surface area contributed by atoms with Crippen molar-refractivity contribution in [2.75, 3.05) is 20.8 Å². The van der Waals surface area contributed by atoms with E-state index in [1.54, 1.807) is 14.2 Å². The van der Waals surface area contributed by atoms with Crippen molar-refractivity contribution in [3.8, 4) is 5.75 Å². The lowest BCUT2D eigenvalue weighted by Gasteiger charge is -2.06. The maximum absolute atomic E-state index is 10.5. The molecule has 0 saturated carbocycles. The van der Waals surface area contributed by atoms with Gasteiger partial charge >= 0.3 is 0 Å². The van der Waals surface area contributed by atoms with Crippen molar-refractivity contribution in [3.63, 3.8) is 0 Å². The topological polar surface area (TPSA) is 40.5 Å². The molecule has 0 N–H and O–H groups in total. The van der Waals surface area contributed by atoms with Crippen LogP contribution in [0.5, 0.6) is 5.75 Å². The second kappa shape index (κ2) is 11.3. The van der Waals surface area contributed by atoms with E-state index in [9.17, 15) is 4.79 Å². The Bertz CT molecular complexity index is 536. The summed E-state index contributed by atoms with van der Waals surface area (Å²) in [6, 6.07) is 5.78. The fraction of sp³-hybridized carbons (Fsp3) is 0.438. The van der Waals surface area contributed by atoms with Crippen LogP contribution >= 0.6 is 15.9 Å². The number of halogens is 1. The molecule has 0 bridgehead atoms. The van der Waals surface area contributed by atoms with E-state index in [4.69, 9.17) is 4.74 Å². The molecule has 0 fully saturated rings. The smallest absolute Gasteiger partial charge is 0.143 e. The molecular formula is C16H24BrNO3. The number of hydrogen-bond donors (Lipinski definition) is 0. The molecule has 4 nitrogen and oxygen atoms in total. The zero-order valence-electron chi connectivity index (χ0n) is 13.4. The minimum Gasteiger partial charge on any atom is -0.495 e. The average molecular weight is 358 g/mol. The molecular weight excluding hydrogens is 334 g/mol. The fourth-order valence-corrected chi connectivity index (χ4v) is 2.11. The largest absolute Gasteiger partial charge is 0.495 e. The second-order valence-corrected chi connectivity index (χ2v) is 4.58. The summed E-state index contributed by atoms with van der Waals surface area (Å²) < 4.78 is 12.7. The van der Waals surface area contributed by atoms with Crippen LogP contribution in [0.1, 0.15) is 20.8 Å². The standard InChI is InChI=1S/C11H10BrNO2.C3H8O.C2H6/c1-15-10-3-2-9(12)8-4-5-13(6-7-14)11(8)10;1-3-4-2;1-2/h2-5,7H,6H2,1H3;3H2,1-2H3;1-2H3. The molecule has 0 spiro atoms. The van der Waals surface area contributed by atoms with Crippen LogP contribution in [0.15, 0.2) is 28.9 Å². The van der Waals surface area contributed by atoms with Gasteiger partial charge in [-0.2, -0.15) is 0 Å². The quantitative estimate of drug-likeness (QED) is 0.766. The van der Waals surface area contributed by atoms with Gasteiger partial charge < -0.3 is 18.8 Å². The predicted octanol–water partition coefficient (Wildman–Crippen LogP) is 4.29. The van der Waals surface area contributed by atoms with Gasteiger partial charge in [-0.15, -0.1) is 0 Å². The van der Waals surface area contributed by atoms with E-state index in [2.05, 4.69) is 20.7 Å². The zero-order valence-corrected chi connectivity index (χ0v) is 14.9. The van der Waals surface area contributed by atoms with Gasteiger partial charge in [-0.25, -0.2) is 0 Å². The third kappa shape index (κ3) is 5.52. The summed E-state index contributed by atoms with van der Waals surface area (Å²) >= 11 is 3.47. The van der Waals surface area contributed by atoms with Crippen LogP contribution in [0.25, 0.3) is 10.9 Å². The molecule has 1 aromatic carbocycles. The molecule has 21 heavy (non-hydrogen) atoms. The van der Waals surface area contributed by atoms with Crippen LogP contribution < -0.4 is 4.74 Å². The molecule has 0 unspecified atom stereocenters. The zero-order chi connectivity index (χ0) is 16.3. The maximum atomic E-state index is 10.5. The molecule has 118 valence electrons. The van der Waals surface area contributed by atoms with E-state index in [1.165, 1.54) is 0 Å². The van der Waals surface area contributed by atoms with Gasteiger partial charge in [0.2, 0.25) is 0 Å². The number of aromatic nitrogens is 1. The Morgan fingerprint density at radius 1 is 1.24 bits per heavy atom. The number of carbonyl (C=O) groups is 1. The van der Waals surface area contributed by atoms with E-state index >= 15 is 0 Å². The van der Waals surface area contributed by atoms with Crippen molar-refractivity contribution in [2.24, 2.45) is 0 Å². The molecule has 0 radical (unpaired) electrons. The van der Waals surface area contributed by atoms with Crippen LogP contribution in [0.2, 0.25) is 0 Å². The van der Waals surface area contributed by atoms with Crippen LogP contribution in [-0.4, -0.2) is 31.7 Å². The summed E-state index contributed by atoms with van der Waals surface area (Å²) in [6.45, 7) is 7.12. The van der Waals surface area contributed by atoms with Gasteiger partial charge in [0, 0.05) is 29.8 Å². The van der Waals surface area contributed by atoms with E-state index in [0.717, 1.165) is 34.0 Å². The van der Waals surface area contributed by atoms with Gasteiger partial charge in [0.15, 0.2) is 0 Å². The highest BCUT2D eigenvalue weighted by atomic mass is 79.9. The van der Waals surface area contributed by atoms with Gasteiger partial charge in [0.1, 0.15) is 12.0 Å². The molecule has 0 aliphatic rings. The Hall–Kier alpha value is -1.33. The summed E-state index contributed by atoms with van der Waals surface area (Å²) in [4.78, 5) is 10.5. The summed E-state index contributed by atoms with van der Waals surface area (Å²) in [5.41, 5.74) is 0.943. The number of rotatable bonds is 4. The number of aldehydes is 1. The molecule has 0 amide bonds. The number of methoxy groups -OCH3 is 2. The summed E-state index contributed by atoms with van der Waals surface area (Å²) in [5, 5.41) is 1.05. The highest BCUT2D eigenvalue weighted by molar-refractivity contribution is 9.10. The molecule has 2 aromatic rings. The first-order chi connectivity index (χ1) is 10.2. The van der Waals surface area contributed by atoms with E-state index in [0.29, 0.717) is 6.54 Å². The van der Waals surface area contributed by atoms with Crippen LogP contribution in [0.3, 0.4) is 0 Å². The second-order valence-electron chi connectivity index (χ2n) is 3.72. The van der Waals surface area contributed by atoms with Gasteiger partial charge in [-0.3, -0.25) is 0 Å². The first kappa shape index (κ1) is 19.7. The van der Waals surface area contributed by atoms with Crippen LogP contribution in [0, 0.1) is 0 Å². The number of carbonyl (C=O) groups excluding carboxylic acids is 1. The molecule has 5 heteroatoms. The highest BCUT2D eigenvalue weighted by Crippen LogP contribution is 2.32. The molecule has 0 saturated heterocycles. The molecule has 1 aromatic heterocycles. The van der Waals surface area contributed by atoms with E-state index in [1.807, 2.05) is 49.7 Å². The number of hydrogen-bond acceptors (Lipinski definition) is 3. The molecule has 2 rings (SSSR count). The molecule has 0 atom stereocenters. The van der Waals surface area contributed by atoms with Crippen molar-refractivity contribution in [1.29, 1.82) is 0 Å². The molecule has 1 heterocycles.